The van der Waals surface area contributed by atoms with Crippen LogP contribution in [-0.2, 0) is 13.0 Å². The van der Waals surface area contributed by atoms with Gasteiger partial charge < -0.3 is 16.6 Å². The second kappa shape index (κ2) is 4.88. The number of hydrogen-bond donors (Lipinski definition) is 3. The Morgan fingerprint density at radius 1 is 1.35 bits per heavy atom. The van der Waals surface area contributed by atoms with E-state index in [2.05, 4.69) is 5.10 Å². The minimum absolute atomic E-state index is 0.246. The summed E-state index contributed by atoms with van der Waals surface area (Å²) in [4.78, 5) is 0. The van der Waals surface area contributed by atoms with Crippen molar-refractivity contribution in [3.8, 4) is 5.75 Å². The van der Waals surface area contributed by atoms with Gasteiger partial charge in [-0.2, -0.15) is 5.10 Å². The Kier molecular flexibility index (Phi) is 3.30. The first-order chi connectivity index (χ1) is 8.20. The fourth-order valence-electron chi connectivity index (χ4n) is 1.74. The highest BCUT2D eigenvalue weighted by Gasteiger charge is 2.07. The maximum Gasteiger partial charge on any atom is 0.125 e. The molecule has 1 heterocycles. The van der Waals surface area contributed by atoms with Crippen molar-refractivity contribution < 1.29 is 5.11 Å². The summed E-state index contributed by atoms with van der Waals surface area (Å²) in [6, 6.07) is 7.05. The van der Waals surface area contributed by atoms with E-state index in [1.165, 1.54) is 0 Å². The third-order valence-corrected chi connectivity index (χ3v) is 2.62. The maximum absolute atomic E-state index is 9.37. The van der Waals surface area contributed by atoms with E-state index in [-0.39, 0.29) is 5.75 Å². The molecule has 1 aromatic heterocycles. The number of hydrogen-bond acceptors (Lipinski definition) is 4. The van der Waals surface area contributed by atoms with Gasteiger partial charge in [0.05, 0.1) is 12.7 Å². The Labute approximate surface area is 99.7 Å². The summed E-state index contributed by atoms with van der Waals surface area (Å²) in [6.45, 7) is 1.10. The summed E-state index contributed by atoms with van der Waals surface area (Å²) >= 11 is 0. The van der Waals surface area contributed by atoms with Crippen LogP contribution in [0.2, 0.25) is 0 Å². The number of benzene rings is 1. The standard InChI is InChI=1S/C12H16N4O/c13-5-4-10-7-15-16(12(10)14)8-9-2-1-3-11(17)6-9/h1-3,6-7,17H,4-5,8,13-14H2. The molecule has 0 aliphatic carbocycles. The van der Waals surface area contributed by atoms with Crippen LogP contribution in [0.25, 0.3) is 0 Å². The predicted octanol–water partition coefficient (Wildman–Crippen LogP) is 0.720. The summed E-state index contributed by atoms with van der Waals surface area (Å²) in [7, 11) is 0. The van der Waals surface area contributed by atoms with Gasteiger partial charge in [0.25, 0.3) is 0 Å². The number of anilines is 1. The molecule has 0 unspecified atom stereocenters. The molecule has 0 aliphatic rings. The number of phenolic OH excluding ortho intramolecular Hbond substituents is 1. The number of phenols is 1. The Hall–Kier alpha value is -2.01. The van der Waals surface area contributed by atoms with Crippen LogP contribution in [-0.4, -0.2) is 21.4 Å². The van der Waals surface area contributed by atoms with Crippen LogP contribution in [0, 0.1) is 0 Å². The summed E-state index contributed by atoms with van der Waals surface area (Å²) < 4.78 is 1.71. The van der Waals surface area contributed by atoms with E-state index in [1.54, 1.807) is 29.1 Å². The quantitative estimate of drug-likeness (QED) is 0.724. The number of nitrogens with two attached hydrogens (primary N) is 2. The minimum atomic E-state index is 0.246. The van der Waals surface area contributed by atoms with E-state index in [0.29, 0.717) is 18.9 Å². The van der Waals surface area contributed by atoms with E-state index >= 15 is 0 Å². The average Bonchev–Trinajstić information content (AvgIpc) is 2.62. The lowest BCUT2D eigenvalue weighted by Crippen LogP contribution is -2.08. The molecule has 0 saturated carbocycles. The van der Waals surface area contributed by atoms with Crippen molar-refractivity contribution in [1.29, 1.82) is 0 Å². The van der Waals surface area contributed by atoms with Gasteiger partial charge in [0, 0.05) is 5.56 Å². The highest BCUT2D eigenvalue weighted by Crippen LogP contribution is 2.16. The first-order valence-corrected chi connectivity index (χ1v) is 5.49. The zero-order valence-corrected chi connectivity index (χ0v) is 9.50. The zero-order valence-electron chi connectivity index (χ0n) is 9.50. The monoisotopic (exact) mass is 232 g/mol. The van der Waals surface area contributed by atoms with E-state index < -0.39 is 0 Å². The third-order valence-electron chi connectivity index (χ3n) is 2.62. The topological polar surface area (TPSA) is 90.1 Å². The minimum Gasteiger partial charge on any atom is -0.508 e. The van der Waals surface area contributed by atoms with Gasteiger partial charge >= 0.3 is 0 Å². The first kappa shape index (κ1) is 11.5. The molecule has 0 fully saturated rings. The van der Waals surface area contributed by atoms with Crippen molar-refractivity contribution in [2.24, 2.45) is 5.73 Å². The SMILES string of the molecule is NCCc1cnn(Cc2cccc(O)c2)c1N. The zero-order chi connectivity index (χ0) is 12.3. The van der Waals surface area contributed by atoms with Crippen LogP contribution in [0.4, 0.5) is 5.82 Å². The highest BCUT2D eigenvalue weighted by atomic mass is 16.3. The molecule has 0 radical (unpaired) electrons. The fourth-order valence-corrected chi connectivity index (χ4v) is 1.74. The smallest absolute Gasteiger partial charge is 0.125 e. The van der Waals surface area contributed by atoms with Gasteiger partial charge in [0.1, 0.15) is 11.6 Å². The van der Waals surface area contributed by atoms with Crippen molar-refractivity contribution in [3.63, 3.8) is 0 Å². The normalized spacial score (nSPS) is 10.6. The Bertz CT molecular complexity index is 507. The number of nitrogen functional groups attached to an aromatic ring is 1. The molecule has 0 spiro atoms. The van der Waals surface area contributed by atoms with E-state index in [1.807, 2.05) is 6.07 Å². The van der Waals surface area contributed by atoms with Crippen LogP contribution in [0.5, 0.6) is 5.75 Å². The van der Waals surface area contributed by atoms with Crippen LogP contribution >= 0.6 is 0 Å². The largest absolute Gasteiger partial charge is 0.508 e. The van der Waals surface area contributed by atoms with Crippen LogP contribution in [0.3, 0.4) is 0 Å². The van der Waals surface area contributed by atoms with Crippen molar-refractivity contribution in [3.05, 3.63) is 41.6 Å². The number of aromatic nitrogens is 2. The lowest BCUT2D eigenvalue weighted by Gasteiger charge is -2.05. The highest BCUT2D eigenvalue weighted by molar-refractivity contribution is 5.39. The number of rotatable bonds is 4. The second-order valence-electron chi connectivity index (χ2n) is 3.92. The fraction of sp³-hybridized carbons (Fsp3) is 0.250. The second-order valence-corrected chi connectivity index (χ2v) is 3.92. The third kappa shape index (κ3) is 2.57. The van der Waals surface area contributed by atoms with E-state index in [4.69, 9.17) is 11.5 Å². The van der Waals surface area contributed by atoms with E-state index in [9.17, 15) is 5.11 Å². The van der Waals surface area contributed by atoms with Gasteiger partial charge in [-0.3, -0.25) is 0 Å². The Morgan fingerprint density at radius 2 is 2.18 bits per heavy atom. The van der Waals surface area contributed by atoms with Crippen LogP contribution < -0.4 is 11.5 Å². The molecular formula is C12H16N4O. The molecular weight excluding hydrogens is 216 g/mol. The summed E-state index contributed by atoms with van der Waals surface area (Å²) in [5.41, 5.74) is 13.4. The lowest BCUT2D eigenvalue weighted by molar-refractivity contribution is 0.474. The molecule has 0 atom stereocenters. The van der Waals surface area contributed by atoms with Crippen molar-refractivity contribution >= 4 is 5.82 Å². The number of aromatic hydroxyl groups is 1. The summed E-state index contributed by atoms with van der Waals surface area (Å²) in [6.07, 6.45) is 2.47. The molecule has 5 nitrogen and oxygen atoms in total. The summed E-state index contributed by atoms with van der Waals surface area (Å²) in [5, 5.41) is 13.6. The van der Waals surface area contributed by atoms with Crippen LogP contribution in [0.1, 0.15) is 11.1 Å². The van der Waals surface area contributed by atoms with Crippen LogP contribution in [0.15, 0.2) is 30.5 Å². The maximum atomic E-state index is 9.37. The van der Waals surface area contributed by atoms with Crippen molar-refractivity contribution in [2.45, 2.75) is 13.0 Å². The van der Waals surface area contributed by atoms with Gasteiger partial charge in [-0.15, -0.1) is 0 Å². The molecule has 2 aromatic rings. The molecule has 90 valence electrons. The van der Waals surface area contributed by atoms with Gasteiger partial charge in [0.2, 0.25) is 0 Å². The molecule has 0 amide bonds. The van der Waals surface area contributed by atoms with E-state index in [0.717, 1.165) is 17.5 Å². The van der Waals surface area contributed by atoms with Gasteiger partial charge in [-0.1, -0.05) is 12.1 Å². The predicted molar refractivity (Wildman–Crippen MR) is 66.6 cm³/mol. The molecule has 2 rings (SSSR count). The molecule has 17 heavy (non-hydrogen) atoms. The molecule has 0 bridgehead atoms. The Balaban J connectivity index is 2.19. The number of nitrogens with zero attached hydrogens (tertiary/aromatic N) is 2. The Morgan fingerprint density at radius 3 is 2.88 bits per heavy atom. The average molecular weight is 232 g/mol. The lowest BCUT2D eigenvalue weighted by atomic mass is 10.2. The van der Waals surface area contributed by atoms with Crippen molar-refractivity contribution in [2.75, 3.05) is 12.3 Å². The van der Waals surface area contributed by atoms with Gasteiger partial charge in [0.15, 0.2) is 0 Å². The van der Waals surface area contributed by atoms with Gasteiger partial charge in [-0.25, -0.2) is 4.68 Å². The van der Waals surface area contributed by atoms with Crippen molar-refractivity contribution in [1.82, 2.24) is 9.78 Å². The molecule has 5 N–H and O–H groups in total. The molecule has 1 aromatic carbocycles. The molecule has 0 saturated heterocycles. The molecule has 5 heteroatoms. The molecule has 0 aliphatic heterocycles. The summed E-state index contributed by atoms with van der Waals surface area (Å²) in [5.74, 6) is 0.884. The first-order valence-electron chi connectivity index (χ1n) is 5.49. The van der Waals surface area contributed by atoms with Gasteiger partial charge in [-0.05, 0) is 30.7 Å².